The standard InChI is InChI=1S/C23H34N4/c1-16(2)10-11-19-17(3)18(4)22-24-20-8-6-7-9-21(20)27(22)23(19)26-14-12-25(5)13-15-26/h6-9,16,23-24H,10-15H2,1-5H3. The molecular weight excluding hydrogens is 332 g/mol. The number of fused-ring (bicyclic) bond motifs is 3. The lowest BCUT2D eigenvalue weighted by atomic mass is 9.89. The normalized spacial score (nSPS) is 23.8. The highest BCUT2D eigenvalue weighted by Crippen LogP contribution is 2.46. The Hall–Kier alpha value is -1.78. The zero-order chi connectivity index (χ0) is 19.1. The summed E-state index contributed by atoms with van der Waals surface area (Å²) < 4.78 is 0. The molecule has 1 aromatic carbocycles. The van der Waals surface area contributed by atoms with Gasteiger partial charge in [-0.05, 0) is 68.5 Å². The first kappa shape index (κ1) is 18.6. The number of hydrogen-bond acceptors (Lipinski definition) is 4. The molecule has 4 heteroatoms. The Bertz CT molecular complexity index is 768. The summed E-state index contributed by atoms with van der Waals surface area (Å²) in [7, 11) is 2.24. The summed E-state index contributed by atoms with van der Waals surface area (Å²) in [6.45, 7) is 13.8. The molecule has 0 aliphatic carbocycles. The largest absolute Gasteiger partial charge is 0.340 e. The third-order valence-electron chi connectivity index (χ3n) is 6.49. The molecule has 3 aliphatic heterocycles. The summed E-state index contributed by atoms with van der Waals surface area (Å²) in [5.74, 6) is 2.01. The van der Waals surface area contributed by atoms with Gasteiger partial charge in [0.25, 0.3) is 0 Å². The van der Waals surface area contributed by atoms with Gasteiger partial charge in [0, 0.05) is 26.2 Å². The highest BCUT2D eigenvalue weighted by Gasteiger charge is 2.41. The van der Waals surface area contributed by atoms with Gasteiger partial charge in [0.15, 0.2) is 0 Å². The third kappa shape index (κ3) is 3.30. The maximum atomic E-state index is 3.71. The van der Waals surface area contributed by atoms with Crippen LogP contribution in [0.5, 0.6) is 0 Å². The van der Waals surface area contributed by atoms with Crippen molar-refractivity contribution >= 4 is 11.4 Å². The molecule has 1 atom stereocenters. The fourth-order valence-electron chi connectivity index (χ4n) is 4.60. The summed E-state index contributed by atoms with van der Waals surface area (Å²) in [5.41, 5.74) is 7.07. The van der Waals surface area contributed by atoms with Gasteiger partial charge in [0.05, 0.1) is 11.4 Å². The molecule has 1 aromatic rings. The van der Waals surface area contributed by atoms with Crippen LogP contribution < -0.4 is 10.2 Å². The monoisotopic (exact) mass is 366 g/mol. The lowest BCUT2D eigenvalue weighted by Gasteiger charge is -2.47. The van der Waals surface area contributed by atoms with Crippen LogP contribution in [0.2, 0.25) is 0 Å². The molecule has 0 aromatic heterocycles. The van der Waals surface area contributed by atoms with E-state index in [9.17, 15) is 0 Å². The maximum absolute atomic E-state index is 3.71. The molecule has 0 spiro atoms. The summed E-state index contributed by atoms with van der Waals surface area (Å²) in [6, 6.07) is 8.77. The summed E-state index contributed by atoms with van der Waals surface area (Å²) in [4.78, 5) is 7.73. The van der Waals surface area contributed by atoms with E-state index in [0.29, 0.717) is 6.17 Å². The van der Waals surface area contributed by atoms with Crippen molar-refractivity contribution in [1.82, 2.24) is 9.80 Å². The van der Waals surface area contributed by atoms with E-state index in [1.807, 2.05) is 0 Å². The summed E-state index contributed by atoms with van der Waals surface area (Å²) in [5, 5.41) is 3.71. The Morgan fingerprint density at radius 1 is 1.04 bits per heavy atom. The first-order valence-electron chi connectivity index (χ1n) is 10.5. The van der Waals surface area contributed by atoms with Crippen LogP contribution in [0, 0.1) is 5.92 Å². The molecule has 0 saturated carbocycles. The van der Waals surface area contributed by atoms with Gasteiger partial charge in [0.2, 0.25) is 0 Å². The number of nitrogens with zero attached hydrogens (tertiary/aromatic N) is 3. The molecular formula is C23H34N4. The SMILES string of the molecule is CC1=C(CCC(C)C)C(N2CCN(C)CC2)N2C(=C1C)Nc1ccccc12. The van der Waals surface area contributed by atoms with Crippen LogP contribution >= 0.6 is 0 Å². The van der Waals surface area contributed by atoms with Crippen LogP contribution in [0.1, 0.15) is 40.5 Å². The van der Waals surface area contributed by atoms with Crippen molar-refractivity contribution < 1.29 is 0 Å². The lowest BCUT2D eigenvalue weighted by Crippen LogP contribution is -2.57. The number of allylic oxidation sites excluding steroid dienone is 2. The van der Waals surface area contributed by atoms with Crippen LogP contribution in [-0.4, -0.2) is 49.2 Å². The Morgan fingerprint density at radius 3 is 2.44 bits per heavy atom. The zero-order valence-corrected chi connectivity index (χ0v) is 17.5. The average molecular weight is 367 g/mol. The van der Waals surface area contributed by atoms with Crippen LogP contribution in [0.25, 0.3) is 0 Å². The van der Waals surface area contributed by atoms with Gasteiger partial charge in [-0.25, -0.2) is 0 Å². The van der Waals surface area contributed by atoms with E-state index in [2.05, 4.69) is 79.0 Å². The number of piperazine rings is 1. The van der Waals surface area contributed by atoms with Gasteiger partial charge >= 0.3 is 0 Å². The predicted molar refractivity (Wildman–Crippen MR) is 115 cm³/mol. The fraction of sp³-hybridized carbons (Fsp3) is 0.565. The number of likely N-dealkylation sites (N-methyl/N-ethyl adjacent to an activating group) is 1. The Morgan fingerprint density at radius 2 is 1.74 bits per heavy atom. The molecule has 146 valence electrons. The van der Waals surface area contributed by atoms with Crippen molar-refractivity contribution in [3.8, 4) is 0 Å². The van der Waals surface area contributed by atoms with Crippen LogP contribution in [0.4, 0.5) is 11.4 Å². The number of anilines is 2. The zero-order valence-electron chi connectivity index (χ0n) is 17.5. The average Bonchev–Trinajstić information content (AvgIpc) is 3.04. The second-order valence-electron chi connectivity index (χ2n) is 8.78. The number of hydrogen-bond donors (Lipinski definition) is 1. The van der Waals surface area contributed by atoms with Crippen molar-refractivity contribution in [1.29, 1.82) is 0 Å². The van der Waals surface area contributed by atoms with Gasteiger partial charge in [-0.1, -0.05) is 26.0 Å². The van der Waals surface area contributed by atoms with E-state index in [0.717, 1.165) is 32.1 Å². The Kier molecular flexibility index (Phi) is 5.04. The molecule has 3 heterocycles. The van der Waals surface area contributed by atoms with Gasteiger partial charge < -0.3 is 15.1 Å². The maximum Gasteiger partial charge on any atom is 0.115 e. The van der Waals surface area contributed by atoms with Crippen LogP contribution in [0.3, 0.4) is 0 Å². The van der Waals surface area contributed by atoms with Crippen molar-refractivity contribution in [2.24, 2.45) is 5.92 Å². The lowest BCUT2D eigenvalue weighted by molar-refractivity contribution is 0.123. The molecule has 4 rings (SSSR count). The molecule has 1 fully saturated rings. The molecule has 1 N–H and O–H groups in total. The summed E-state index contributed by atoms with van der Waals surface area (Å²) >= 11 is 0. The number of benzene rings is 1. The van der Waals surface area contributed by atoms with E-state index >= 15 is 0 Å². The van der Waals surface area contributed by atoms with E-state index < -0.39 is 0 Å². The molecule has 27 heavy (non-hydrogen) atoms. The second kappa shape index (κ2) is 7.33. The molecule has 1 saturated heterocycles. The van der Waals surface area contributed by atoms with E-state index in [1.165, 1.54) is 41.2 Å². The quantitative estimate of drug-likeness (QED) is 0.847. The smallest absolute Gasteiger partial charge is 0.115 e. The highest BCUT2D eigenvalue weighted by atomic mass is 15.4. The van der Waals surface area contributed by atoms with Gasteiger partial charge in [-0.2, -0.15) is 0 Å². The van der Waals surface area contributed by atoms with E-state index in [4.69, 9.17) is 0 Å². The molecule has 4 nitrogen and oxygen atoms in total. The highest BCUT2D eigenvalue weighted by molar-refractivity contribution is 5.83. The molecule has 0 radical (unpaired) electrons. The van der Waals surface area contributed by atoms with Crippen molar-refractivity contribution in [3.63, 3.8) is 0 Å². The second-order valence-corrected chi connectivity index (χ2v) is 8.78. The fourth-order valence-corrected chi connectivity index (χ4v) is 4.60. The number of rotatable bonds is 4. The summed E-state index contributed by atoms with van der Waals surface area (Å²) in [6.07, 6.45) is 2.78. The van der Waals surface area contributed by atoms with Crippen molar-refractivity contribution in [2.75, 3.05) is 43.4 Å². The number of nitrogens with one attached hydrogen (secondary N) is 1. The van der Waals surface area contributed by atoms with Gasteiger partial charge in [-0.15, -0.1) is 0 Å². The Labute approximate surface area is 164 Å². The number of para-hydroxylation sites is 2. The molecule has 0 amide bonds. The van der Waals surface area contributed by atoms with E-state index in [1.54, 1.807) is 5.57 Å². The van der Waals surface area contributed by atoms with Gasteiger partial charge in [-0.3, -0.25) is 4.90 Å². The molecule has 0 bridgehead atoms. The topological polar surface area (TPSA) is 21.8 Å². The molecule has 1 unspecified atom stereocenters. The Balaban J connectivity index is 1.77. The van der Waals surface area contributed by atoms with Crippen LogP contribution in [0.15, 0.2) is 46.8 Å². The minimum Gasteiger partial charge on any atom is -0.340 e. The van der Waals surface area contributed by atoms with E-state index in [-0.39, 0.29) is 0 Å². The third-order valence-corrected chi connectivity index (χ3v) is 6.49. The molecule has 3 aliphatic rings. The van der Waals surface area contributed by atoms with Gasteiger partial charge in [0.1, 0.15) is 12.0 Å². The minimum atomic E-state index is 0.340. The van der Waals surface area contributed by atoms with Crippen molar-refractivity contribution in [3.05, 3.63) is 46.8 Å². The van der Waals surface area contributed by atoms with Crippen LogP contribution in [-0.2, 0) is 0 Å². The predicted octanol–water partition coefficient (Wildman–Crippen LogP) is 4.49. The first-order chi connectivity index (χ1) is 13.0. The van der Waals surface area contributed by atoms with Crippen molar-refractivity contribution in [2.45, 2.75) is 46.7 Å². The minimum absolute atomic E-state index is 0.340. The first-order valence-corrected chi connectivity index (χ1v) is 10.5.